The van der Waals surface area contributed by atoms with E-state index in [9.17, 15) is 5.11 Å². The summed E-state index contributed by atoms with van der Waals surface area (Å²) in [6.45, 7) is 0. The number of hydrogen-bond acceptors (Lipinski definition) is 3. The number of rotatable bonds is 3. The fraction of sp³-hybridized carbons (Fsp3) is 0.353. The summed E-state index contributed by atoms with van der Waals surface area (Å²) in [5, 5.41) is 9.56. The van der Waals surface area contributed by atoms with Crippen molar-refractivity contribution in [2.24, 2.45) is 0 Å². The van der Waals surface area contributed by atoms with Gasteiger partial charge in [0, 0.05) is 18.0 Å². The van der Waals surface area contributed by atoms with Crippen LogP contribution in [0.1, 0.15) is 25.7 Å². The predicted octanol–water partition coefficient (Wildman–Crippen LogP) is 3.43. The standard InChI is InChI=1S/C17H19NO2/c19-14-5-7-15(8-6-14)20-17-4-2-1-3-16(17)13-9-11-18-12-10-13/h1-4,9-12,14-15,19H,5-8H2. The van der Waals surface area contributed by atoms with Crippen molar-refractivity contribution in [3.8, 4) is 16.9 Å². The van der Waals surface area contributed by atoms with Gasteiger partial charge in [-0.25, -0.2) is 0 Å². The van der Waals surface area contributed by atoms with Gasteiger partial charge in [0.1, 0.15) is 5.75 Å². The number of ether oxygens (including phenoxy) is 1. The first kappa shape index (κ1) is 13.1. The topological polar surface area (TPSA) is 42.4 Å². The van der Waals surface area contributed by atoms with Gasteiger partial charge in [0.05, 0.1) is 12.2 Å². The Labute approximate surface area is 119 Å². The number of benzene rings is 1. The highest BCUT2D eigenvalue weighted by molar-refractivity contribution is 5.69. The molecule has 0 unspecified atom stereocenters. The molecular formula is C17H19NO2. The van der Waals surface area contributed by atoms with Gasteiger partial charge in [-0.1, -0.05) is 18.2 Å². The zero-order valence-electron chi connectivity index (χ0n) is 11.4. The van der Waals surface area contributed by atoms with Crippen molar-refractivity contribution in [2.75, 3.05) is 0 Å². The maximum absolute atomic E-state index is 9.56. The quantitative estimate of drug-likeness (QED) is 0.928. The number of aromatic nitrogens is 1. The molecule has 1 aliphatic carbocycles. The summed E-state index contributed by atoms with van der Waals surface area (Å²) < 4.78 is 6.16. The molecular weight excluding hydrogens is 250 g/mol. The summed E-state index contributed by atoms with van der Waals surface area (Å²) in [6.07, 6.45) is 7.17. The van der Waals surface area contributed by atoms with E-state index in [1.54, 1.807) is 12.4 Å². The molecule has 1 aromatic carbocycles. The second-order valence-electron chi connectivity index (χ2n) is 5.28. The Kier molecular flexibility index (Phi) is 3.97. The Morgan fingerprint density at radius 2 is 1.65 bits per heavy atom. The van der Waals surface area contributed by atoms with Crippen molar-refractivity contribution in [2.45, 2.75) is 37.9 Å². The number of pyridine rings is 1. The van der Waals surface area contributed by atoms with Crippen molar-refractivity contribution >= 4 is 0 Å². The van der Waals surface area contributed by atoms with Crippen LogP contribution in [0.5, 0.6) is 5.75 Å². The van der Waals surface area contributed by atoms with Gasteiger partial charge in [-0.05, 0) is 49.4 Å². The van der Waals surface area contributed by atoms with Crippen LogP contribution in [-0.2, 0) is 0 Å². The Morgan fingerprint density at radius 3 is 2.40 bits per heavy atom. The fourth-order valence-corrected chi connectivity index (χ4v) is 2.68. The first-order valence-electron chi connectivity index (χ1n) is 7.17. The molecule has 3 nitrogen and oxygen atoms in total. The lowest BCUT2D eigenvalue weighted by Crippen LogP contribution is -2.26. The van der Waals surface area contributed by atoms with E-state index in [1.807, 2.05) is 30.3 Å². The Bertz CT molecular complexity index is 548. The lowest BCUT2D eigenvalue weighted by atomic mass is 9.95. The van der Waals surface area contributed by atoms with E-state index in [2.05, 4.69) is 11.1 Å². The maximum Gasteiger partial charge on any atom is 0.127 e. The van der Waals surface area contributed by atoms with E-state index in [0.717, 1.165) is 42.6 Å². The lowest BCUT2D eigenvalue weighted by Gasteiger charge is -2.27. The first-order chi connectivity index (χ1) is 9.83. The number of para-hydroxylation sites is 1. The van der Waals surface area contributed by atoms with E-state index in [4.69, 9.17) is 4.74 Å². The molecule has 3 rings (SSSR count). The van der Waals surface area contributed by atoms with Gasteiger partial charge in [-0.2, -0.15) is 0 Å². The molecule has 1 aliphatic rings. The molecule has 0 atom stereocenters. The molecule has 2 aromatic rings. The molecule has 1 heterocycles. The van der Waals surface area contributed by atoms with Crippen LogP contribution in [0.25, 0.3) is 11.1 Å². The Balaban J connectivity index is 1.80. The van der Waals surface area contributed by atoms with Crippen molar-refractivity contribution in [1.29, 1.82) is 0 Å². The number of hydrogen-bond donors (Lipinski definition) is 1. The summed E-state index contributed by atoms with van der Waals surface area (Å²) in [5.41, 5.74) is 2.22. The van der Waals surface area contributed by atoms with Gasteiger partial charge in [0.2, 0.25) is 0 Å². The predicted molar refractivity (Wildman–Crippen MR) is 78.6 cm³/mol. The van der Waals surface area contributed by atoms with Gasteiger partial charge in [0.15, 0.2) is 0 Å². The van der Waals surface area contributed by atoms with Gasteiger partial charge >= 0.3 is 0 Å². The second-order valence-corrected chi connectivity index (χ2v) is 5.28. The smallest absolute Gasteiger partial charge is 0.127 e. The van der Waals surface area contributed by atoms with Gasteiger partial charge in [-0.15, -0.1) is 0 Å². The van der Waals surface area contributed by atoms with Crippen molar-refractivity contribution in [3.05, 3.63) is 48.8 Å². The third-order valence-electron chi connectivity index (χ3n) is 3.82. The number of nitrogens with zero attached hydrogens (tertiary/aromatic N) is 1. The average molecular weight is 269 g/mol. The van der Waals surface area contributed by atoms with Crippen LogP contribution in [0.4, 0.5) is 0 Å². The van der Waals surface area contributed by atoms with E-state index in [-0.39, 0.29) is 12.2 Å². The number of aliphatic hydroxyl groups excluding tert-OH is 1. The summed E-state index contributed by atoms with van der Waals surface area (Å²) >= 11 is 0. The summed E-state index contributed by atoms with van der Waals surface area (Å²) in [5.74, 6) is 0.917. The fourth-order valence-electron chi connectivity index (χ4n) is 2.68. The Hall–Kier alpha value is -1.87. The number of aliphatic hydroxyl groups is 1. The highest BCUT2D eigenvalue weighted by atomic mass is 16.5. The molecule has 1 aromatic heterocycles. The van der Waals surface area contributed by atoms with Gasteiger partial charge in [-0.3, -0.25) is 4.98 Å². The molecule has 0 bridgehead atoms. The lowest BCUT2D eigenvalue weighted by molar-refractivity contribution is 0.0668. The van der Waals surface area contributed by atoms with E-state index < -0.39 is 0 Å². The minimum atomic E-state index is -0.148. The molecule has 20 heavy (non-hydrogen) atoms. The highest BCUT2D eigenvalue weighted by Crippen LogP contribution is 2.32. The molecule has 1 saturated carbocycles. The van der Waals surface area contributed by atoms with Crippen molar-refractivity contribution in [3.63, 3.8) is 0 Å². The second kappa shape index (κ2) is 6.06. The third-order valence-corrected chi connectivity index (χ3v) is 3.82. The van der Waals surface area contributed by atoms with Crippen molar-refractivity contribution < 1.29 is 9.84 Å². The van der Waals surface area contributed by atoms with Crippen LogP contribution >= 0.6 is 0 Å². The van der Waals surface area contributed by atoms with E-state index in [1.165, 1.54) is 0 Å². The molecule has 1 N–H and O–H groups in total. The van der Waals surface area contributed by atoms with Crippen LogP contribution in [-0.4, -0.2) is 22.3 Å². The molecule has 0 radical (unpaired) electrons. The summed E-state index contributed by atoms with van der Waals surface area (Å²) in [6, 6.07) is 12.1. The Morgan fingerprint density at radius 1 is 0.950 bits per heavy atom. The monoisotopic (exact) mass is 269 g/mol. The molecule has 104 valence electrons. The third kappa shape index (κ3) is 2.99. The molecule has 0 amide bonds. The molecule has 0 saturated heterocycles. The average Bonchev–Trinajstić information content (AvgIpc) is 2.51. The van der Waals surface area contributed by atoms with Gasteiger partial charge in [0.25, 0.3) is 0 Å². The van der Waals surface area contributed by atoms with Crippen molar-refractivity contribution in [1.82, 2.24) is 4.98 Å². The zero-order valence-corrected chi connectivity index (χ0v) is 11.4. The molecule has 0 aliphatic heterocycles. The summed E-state index contributed by atoms with van der Waals surface area (Å²) in [7, 11) is 0. The zero-order chi connectivity index (χ0) is 13.8. The summed E-state index contributed by atoms with van der Waals surface area (Å²) in [4.78, 5) is 4.06. The van der Waals surface area contributed by atoms with Crippen LogP contribution in [0.2, 0.25) is 0 Å². The molecule has 3 heteroatoms. The van der Waals surface area contributed by atoms with E-state index in [0.29, 0.717) is 0 Å². The van der Waals surface area contributed by atoms with Crippen LogP contribution < -0.4 is 4.74 Å². The molecule has 1 fully saturated rings. The van der Waals surface area contributed by atoms with Crippen LogP contribution in [0.3, 0.4) is 0 Å². The maximum atomic E-state index is 9.56. The molecule has 0 spiro atoms. The normalized spacial score (nSPS) is 22.4. The van der Waals surface area contributed by atoms with Crippen LogP contribution in [0.15, 0.2) is 48.8 Å². The minimum absolute atomic E-state index is 0.148. The van der Waals surface area contributed by atoms with Crippen LogP contribution in [0, 0.1) is 0 Å². The minimum Gasteiger partial charge on any atom is -0.490 e. The first-order valence-corrected chi connectivity index (χ1v) is 7.17. The van der Waals surface area contributed by atoms with Gasteiger partial charge < -0.3 is 9.84 Å². The SMILES string of the molecule is OC1CCC(Oc2ccccc2-c2ccncc2)CC1. The van der Waals surface area contributed by atoms with E-state index >= 15 is 0 Å². The largest absolute Gasteiger partial charge is 0.490 e. The highest BCUT2D eigenvalue weighted by Gasteiger charge is 2.21.